The van der Waals surface area contributed by atoms with Crippen molar-refractivity contribution in [3.05, 3.63) is 85.1 Å². The maximum absolute atomic E-state index is 13.5. The summed E-state index contributed by atoms with van der Waals surface area (Å²) < 4.78 is 30.3. The first kappa shape index (κ1) is 72.2. The van der Waals surface area contributed by atoms with Crippen LogP contribution < -0.4 is 10.2 Å². The van der Waals surface area contributed by atoms with Crippen LogP contribution in [-0.2, 0) is 27.9 Å². The Bertz CT molecular complexity index is 1560. The number of quaternary nitrogens is 1. The van der Waals surface area contributed by atoms with Crippen molar-refractivity contribution < 1.29 is 37.3 Å². The molecule has 10 heteroatoms. The van der Waals surface area contributed by atoms with Crippen LogP contribution in [0.4, 0.5) is 0 Å². The van der Waals surface area contributed by atoms with E-state index in [0.29, 0.717) is 23.9 Å². The zero-order valence-electron chi connectivity index (χ0n) is 49.5. The lowest BCUT2D eigenvalue weighted by atomic mass is 10.0. The quantitative estimate of drug-likeness (QED) is 0.0212. The van der Waals surface area contributed by atoms with Crippen LogP contribution >= 0.6 is 7.82 Å². The Morgan fingerprint density at radius 1 is 0.480 bits per heavy atom. The van der Waals surface area contributed by atoms with E-state index in [1.807, 2.05) is 33.3 Å². The van der Waals surface area contributed by atoms with Gasteiger partial charge in [-0.05, 0) is 83.1 Å². The second-order valence-corrected chi connectivity index (χ2v) is 23.2. The van der Waals surface area contributed by atoms with Crippen molar-refractivity contribution in [2.24, 2.45) is 0 Å². The highest BCUT2D eigenvalue weighted by molar-refractivity contribution is 7.45. The lowest BCUT2D eigenvalue weighted by molar-refractivity contribution is -0.870. The monoisotopic (exact) mass is 1070 g/mol. The molecule has 3 atom stereocenters. The largest absolute Gasteiger partial charge is 0.756 e. The number of nitrogens with one attached hydrogen (secondary N) is 1. The summed E-state index contributed by atoms with van der Waals surface area (Å²) in [6, 6.07) is -0.895. The average molecular weight is 1070 g/mol. The first-order valence-electron chi connectivity index (χ1n) is 30.9. The fourth-order valence-corrected chi connectivity index (χ4v) is 9.31. The summed E-state index contributed by atoms with van der Waals surface area (Å²) in [5.41, 5.74) is 0. The number of carbonyl (C=O) groups is 2. The van der Waals surface area contributed by atoms with Crippen molar-refractivity contribution >= 4 is 19.7 Å². The number of unbranched alkanes of at least 4 members (excludes halogenated alkanes) is 27. The maximum Gasteiger partial charge on any atom is 0.306 e. The van der Waals surface area contributed by atoms with Crippen LogP contribution in [0.3, 0.4) is 0 Å². The summed E-state index contributed by atoms with van der Waals surface area (Å²) in [5.74, 6) is -0.557. The van der Waals surface area contributed by atoms with Crippen LogP contribution in [0.1, 0.15) is 265 Å². The van der Waals surface area contributed by atoms with Crippen molar-refractivity contribution in [2.75, 3.05) is 40.9 Å². The van der Waals surface area contributed by atoms with Crippen LogP contribution in [-0.4, -0.2) is 69.4 Å². The number of carbonyl (C=O) groups excluding carboxylic acids is 2. The van der Waals surface area contributed by atoms with Gasteiger partial charge >= 0.3 is 5.97 Å². The van der Waals surface area contributed by atoms with Gasteiger partial charge in [-0.2, -0.15) is 0 Å². The van der Waals surface area contributed by atoms with Gasteiger partial charge in [-0.25, -0.2) is 0 Å². The minimum Gasteiger partial charge on any atom is -0.756 e. The predicted molar refractivity (Wildman–Crippen MR) is 321 cm³/mol. The topological polar surface area (TPSA) is 114 Å². The molecule has 0 saturated carbocycles. The lowest BCUT2D eigenvalue weighted by Gasteiger charge is -2.30. The molecular weight excluding hydrogens is 952 g/mol. The summed E-state index contributed by atoms with van der Waals surface area (Å²) >= 11 is 0. The van der Waals surface area contributed by atoms with Crippen molar-refractivity contribution in [3.8, 4) is 0 Å². The number of allylic oxidation sites excluding steroid dienone is 13. The molecule has 0 fully saturated rings. The highest BCUT2D eigenvalue weighted by Crippen LogP contribution is 2.38. The normalized spacial score (nSPS) is 14.3. The zero-order chi connectivity index (χ0) is 55.0. The van der Waals surface area contributed by atoms with Gasteiger partial charge in [0.15, 0.2) is 0 Å². The number of amides is 1. The summed E-state index contributed by atoms with van der Waals surface area (Å²) in [5, 5.41) is 3.02. The minimum atomic E-state index is -4.70. The van der Waals surface area contributed by atoms with Gasteiger partial charge in [-0.3, -0.25) is 14.2 Å². The van der Waals surface area contributed by atoms with Gasteiger partial charge in [0.1, 0.15) is 19.3 Å². The van der Waals surface area contributed by atoms with Gasteiger partial charge in [-0.15, -0.1) is 0 Å². The van der Waals surface area contributed by atoms with E-state index in [4.69, 9.17) is 13.8 Å². The fraction of sp³-hybridized carbons (Fsp3) is 0.754. The molecule has 0 heterocycles. The van der Waals surface area contributed by atoms with Crippen LogP contribution in [0.2, 0.25) is 0 Å². The molecule has 1 amide bonds. The summed E-state index contributed by atoms with van der Waals surface area (Å²) in [7, 11) is 1.17. The maximum atomic E-state index is 13.5. The smallest absolute Gasteiger partial charge is 0.306 e. The highest BCUT2D eigenvalue weighted by atomic mass is 31.2. The molecule has 0 aromatic rings. The average Bonchev–Trinajstić information content (AvgIpc) is 3.37. The molecule has 0 aromatic carbocycles. The summed E-state index contributed by atoms with van der Waals surface area (Å²) in [6.07, 6.45) is 71.2. The highest BCUT2D eigenvalue weighted by Gasteiger charge is 2.27. The number of hydrogen-bond acceptors (Lipinski definition) is 7. The second-order valence-electron chi connectivity index (χ2n) is 21.8. The molecule has 1 N–H and O–H groups in total. The Labute approximate surface area is 463 Å². The lowest BCUT2D eigenvalue weighted by Crippen LogP contribution is -2.47. The molecule has 0 aliphatic carbocycles. The third kappa shape index (κ3) is 55.7. The number of esters is 1. The van der Waals surface area contributed by atoms with Crippen molar-refractivity contribution in [1.29, 1.82) is 0 Å². The number of rotatable bonds is 55. The minimum absolute atomic E-state index is 0.0269. The van der Waals surface area contributed by atoms with E-state index in [0.717, 1.165) is 116 Å². The molecule has 9 nitrogen and oxygen atoms in total. The molecule has 0 aliphatic rings. The van der Waals surface area contributed by atoms with Crippen molar-refractivity contribution in [2.45, 2.75) is 277 Å². The summed E-state index contributed by atoms with van der Waals surface area (Å²) in [4.78, 5) is 39.9. The van der Waals surface area contributed by atoms with E-state index < -0.39 is 26.6 Å². The molecule has 0 aliphatic heterocycles. The standard InChI is InChI=1S/C65H117N2O7P/c1-7-10-13-16-19-22-25-27-28-29-30-31-32-33-34-35-36-37-38-40-43-46-49-52-55-58-65(69)74-63(56-53-50-47-44-42-39-26-23-20-17-14-11-8-2)62(61-73-75(70,71)72-60-59-67(4,5)6)66-64(68)57-54-51-48-45-41-24-21-18-15-12-9-3/h10,13,19,22,27-28,30-31,33-34,36-37,53,56,62-63H,7-9,11-12,14-18,20-21,23-26,29,32,35,38-52,54-55,57-61H2,1-6H3,(H-,66,68,70,71)/b13-10-,22-19-,28-27-,31-30-,34-33-,37-36-,56-53-. The number of nitrogens with zero attached hydrogens (tertiary/aromatic N) is 1. The SMILES string of the molecule is CC/C=C\C/C=C\C/C=C\C/C=C\C/C=C\C/C=C\CCCCCCCCC(=O)OC(/C=C\CCCCCCCCCCCCC)C(COP(=O)([O-])OCC[N+](C)(C)C)NC(=O)CCCCCCCCCCCCC. The first-order chi connectivity index (χ1) is 36.4. The van der Waals surface area contributed by atoms with E-state index in [9.17, 15) is 19.0 Å². The molecule has 3 unspecified atom stereocenters. The van der Waals surface area contributed by atoms with Crippen LogP contribution in [0.15, 0.2) is 85.1 Å². The molecule has 75 heavy (non-hydrogen) atoms. The molecule has 0 radical (unpaired) electrons. The predicted octanol–water partition coefficient (Wildman–Crippen LogP) is 18.4. The Morgan fingerprint density at radius 2 is 0.853 bits per heavy atom. The van der Waals surface area contributed by atoms with E-state index >= 15 is 0 Å². The van der Waals surface area contributed by atoms with Crippen LogP contribution in [0.25, 0.3) is 0 Å². The molecule has 0 spiro atoms. The fourth-order valence-electron chi connectivity index (χ4n) is 8.58. The van der Waals surface area contributed by atoms with Crippen molar-refractivity contribution in [3.63, 3.8) is 0 Å². The van der Waals surface area contributed by atoms with Gasteiger partial charge in [0.2, 0.25) is 5.91 Å². The molecular formula is C65H117N2O7P. The first-order valence-corrected chi connectivity index (χ1v) is 32.4. The van der Waals surface area contributed by atoms with Crippen LogP contribution in [0, 0.1) is 0 Å². The summed E-state index contributed by atoms with van der Waals surface area (Å²) in [6.45, 7) is 6.71. The molecule has 0 rings (SSSR count). The molecule has 0 saturated heterocycles. The number of likely N-dealkylation sites (N-methyl/N-ethyl adjacent to an activating group) is 1. The zero-order valence-corrected chi connectivity index (χ0v) is 50.4. The van der Waals surface area contributed by atoms with Crippen molar-refractivity contribution in [1.82, 2.24) is 5.32 Å². The van der Waals surface area contributed by atoms with E-state index in [1.165, 1.54) is 109 Å². The third-order valence-electron chi connectivity index (χ3n) is 13.3. The van der Waals surface area contributed by atoms with Gasteiger partial charge in [0, 0.05) is 12.8 Å². The molecule has 0 aromatic heterocycles. The Balaban J connectivity index is 5.20. The molecule has 0 bridgehead atoms. The number of phosphoric acid groups is 1. The van der Waals surface area contributed by atoms with Gasteiger partial charge in [-0.1, -0.05) is 254 Å². The number of ether oxygens (including phenoxy) is 1. The Kier molecular flexibility index (Phi) is 52.5. The third-order valence-corrected chi connectivity index (χ3v) is 14.3. The van der Waals surface area contributed by atoms with Gasteiger partial charge < -0.3 is 28.5 Å². The number of phosphoric ester groups is 1. The van der Waals surface area contributed by atoms with Crippen LogP contribution in [0.5, 0.6) is 0 Å². The van der Waals surface area contributed by atoms with E-state index in [2.05, 4.69) is 99.0 Å². The Hall–Kier alpha value is -2.81. The number of hydrogen-bond donors (Lipinski definition) is 1. The van der Waals surface area contributed by atoms with Gasteiger partial charge in [0.25, 0.3) is 7.82 Å². The van der Waals surface area contributed by atoms with Gasteiger partial charge in [0.05, 0.1) is 33.8 Å². The van der Waals surface area contributed by atoms with E-state index in [1.54, 1.807) is 0 Å². The van der Waals surface area contributed by atoms with E-state index in [-0.39, 0.29) is 24.9 Å². The second kappa shape index (κ2) is 54.5. The molecule has 434 valence electrons. The Morgan fingerprint density at radius 3 is 1.28 bits per heavy atom.